The number of phenols is 1. The third-order valence-electron chi connectivity index (χ3n) is 4.04. The number of hydrogen-bond acceptors (Lipinski definition) is 4. The Kier molecular flexibility index (Phi) is 8.16. The summed E-state index contributed by atoms with van der Waals surface area (Å²) >= 11 is 0. The second-order valence-corrected chi connectivity index (χ2v) is 6.24. The van der Waals surface area contributed by atoms with E-state index in [1.165, 1.54) is 18.9 Å². The first-order valence-corrected chi connectivity index (χ1v) is 9.19. The maximum Gasteiger partial charge on any atom is 0.269 e. The molecule has 0 radical (unpaired) electrons. The van der Waals surface area contributed by atoms with Crippen molar-refractivity contribution in [3.8, 4) is 11.5 Å². The Hall–Kier alpha value is -3.02. The first-order valence-electron chi connectivity index (χ1n) is 9.19. The molecule has 0 unspecified atom stereocenters. The lowest BCUT2D eigenvalue weighted by atomic mass is 10.1. The van der Waals surface area contributed by atoms with Gasteiger partial charge in [-0.05, 0) is 36.8 Å². The fourth-order valence-corrected chi connectivity index (χ4v) is 2.50. The predicted octanol–water partition coefficient (Wildman–Crippen LogP) is 3.36. The van der Waals surface area contributed by atoms with Crippen LogP contribution in [0.1, 0.15) is 48.5 Å². The quantitative estimate of drug-likeness (QED) is 0.467. The molecule has 0 atom stereocenters. The Morgan fingerprint density at radius 2 is 1.70 bits per heavy atom. The number of hydrazine groups is 1. The van der Waals surface area contributed by atoms with Gasteiger partial charge in [0.2, 0.25) is 5.91 Å². The van der Waals surface area contributed by atoms with Gasteiger partial charge < -0.3 is 9.84 Å². The standard InChI is InChI=1S/C21H26N2O4/c1-2-3-4-7-14-27-18-12-10-16(11-13-18)21(26)23-22-20(25)15-17-8-5-6-9-19(17)24/h5-6,8-13,24H,2-4,7,14-15H2,1H3,(H,22,25)(H,23,26). The van der Waals surface area contributed by atoms with E-state index in [0.717, 1.165) is 12.8 Å². The Morgan fingerprint density at radius 1 is 0.963 bits per heavy atom. The van der Waals surface area contributed by atoms with Crippen LogP contribution < -0.4 is 15.6 Å². The van der Waals surface area contributed by atoms with Crippen molar-refractivity contribution in [2.75, 3.05) is 6.61 Å². The van der Waals surface area contributed by atoms with Crippen molar-refractivity contribution in [2.45, 2.75) is 39.0 Å². The number of ether oxygens (including phenoxy) is 1. The largest absolute Gasteiger partial charge is 0.508 e. The Labute approximate surface area is 159 Å². The van der Waals surface area contributed by atoms with Gasteiger partial charge in [-0.25, -0.2) is 0 Å². The van der Waals surface area contributed by atoms with Crippen LogP contribution >= 0.6 is 0 Å². The molecule has 2 aromatic rings. The van der Waals surface area contributed by atoms with Gasteiger partial charge in [0.1, 0.15) is 11.5 Å². The van der Waals surface area contributed by atoms with Gasteiger partial charge in [0.15, 0.2) is 0 Å². The minimum Gasteiger partial charge on any atom is -0.508 e. The van der Waals surface area contributed by atoms with Crippen LogP contribution in [0.15, 0.2) is 48.5 Å². The van der Waals surface area contributed by atoms with Crippen molar-refractivity contribution in [1.82, 2.24) is 10.9 Å². The van der Waals surface area contributed by atoms with E-state index in [2.05, 4.69) is 17.8 Å². The molecule has 0 saturated carbocycles. The van der Waals surface area contributed by atoms with Crippen molar-refractivity contribution in [1.29, 1.82) is 0 Å². The molecule has 0 aromatic heterocycles. The van der Waals surface area contributed by atoms with Gasteiger partial charge in [0, 0.05) is 11.1 Å². The zero-order chi connectivity index (χ0) is 19.5. The molecule has 0 aliphatic rings. The molecule has 0 bridgehead atoms. The zero-order valence-corrected chi connectivity index (χ0v) is 15.5. The van der Waals surface area contributed by atoms with Crippen molar-refractivity contribution in [3.05, 3.63) is 59.7 Å². The second-order valence-electron chi connectivity index (χ2n) is 6.24. The Morgan fingerprint density at radius 3 is 2.41 bits per heavy atom. The number of benzene rings is 2. The average molecular weight is 370 g/mol. The first kappa shape index (κ1) is 20.3. The third-order valence-corrected chi connectivity index (χ3v) is 4.04. The van der Waals surface area contributed by atoms with Crippen LogP contribution in [0.3, 0.4) is 0 Å². The zero-order valence-electron chi connectivity index (χ0n) is 15.5. The number of unbranched alkanes of at least 4 members (excludes halogenated alkanes) is 3. The molecule has 2 amide bonds. The van der Waals surface area contributed by atoms with E-state index in [-0.39, 0.29) is 12.2 Å². The molecule has 6 heteroatoms. The molecule has 6 nitrogen and oxygen atoms in total. The minimum absolute atomic E-state index is 0.0300. The minimum atomic E-state index is -0.421. The van der Waals surface area contributed by atoms with Gasteiger partial charge in [-0.1, -0.05) is 44.4 Å². The molecule has 0 fully saturated rings. The summed E-state index contributed by atoms with van der Waals surface area (Å²) in [6.45, 7) is 2.83. The average Bonchev–Trinajstić information content (AvgIpc) is 2.68. The topological polar surface area (TPSA) is 87.7 Å². The lowest BCUT2D eigenvalue weighted by molar-refractivity contribution is -0.121. The molecule has 0 heterocycles. The van der Waals surface area contributed by atoms with Crippen molar-refractivity contribution in [2.24, 2.45) is 0 Å². The molecular weight excluding hydrogens is 344 g/mol. The number of amides is 2. The highest BCUT2D eigenvalue weighted by molar-refractivity contribution is 5.95. The summed E-state index contributed by atoms with van der Waals surface area (Å²) in [4.78, 5) is 24.0. The maximum atomic E-state index is 12.1. The smallest absolute Gasteiger partial charge is 0.269 e. The van der Waals surface area contributed by atoms with E-state index in [9.17, 15) is 14.7 Å². The fraction of sp³-hybridized carbons (Fsp3) is 0.333. The monoisotopic (exact) mass is 370 g/mol. The Bertz CT molecular complexity index is 744. The van der Waals surface area contributed by atoms with Crippen LogP contribution in [0.5, 0.6) is 11.5 Å². The van der Waals surface area contributed by atoms with Gasteiger partial charge in [-0.3, -0.25) is 20.4 Å². The van der Waals surface area contributed by atoms with Crippen LogP contribution in [-0.4, -0.2) is 23.5 Å². The number of nitrogens with one attached hydrogen (secondary N) is 2. The molecule has 0 aliphatic heterocycles. The normalized spacial score (nSPS) is 10.3. The third kappa shape index (κ3) is 7.01. The van der Waals surface area contributed by atoms with Crippen LogP contribution in [0.2, 0.25) is 0 Å². The Balaban J connectivity index is 1.75. The number of carbonyl (C=O) groups is 2. The molecule has 0 saturated heterocycles. The highest BCUT2D eigenvalue weighted by atomic mass is 16.5. The summed E-state index contributed by atoms with van der Waals surface area (Å²) in [5.74, 6) is -0.0806. The lowest BCUT2D eigenvalue weighted by Crippen LogP contribution is -2.42. The van der Waals surface area contributed by atoms with Gasteiger partial charge in [-0.2, -0.15) is 0 Å². The summed E-state index contributed by atoms with van der Waals surface area (Å²) in [5.41, 5.74) is 5.61. The van der Waals surface area contributed by atoms with Crippen molar-refractivity contribution < 1.29 is 19.4 Å². The molecule has 27 heavy (non-hydrogen) atoms. The first-order chi connectivity index (χ1) is 13.1. The highest BCUT2D eigenvalue weighted by Crippen LogP contribution is 2.16. The van der Waals surface area contributed by atoms with Gasteiger partial charge >= 0.3 is 0 Å². The summed E-state index contributed by atoms with van der Waals surface area (Å²) in [7, 11) is 0. The number of aromatic hydroxyl groups is 1. The second kappa shape index (κ2) is 10.9. The van der Waals surface area contributed by atoms with Gasteiger partial charge in [0.05, 0.1) is 13.0 Å². The van der Waals surface area contributed by atoms with Crippen molar-refractivity contribution >= 4 is 11.8 Å². The van der Waals surface area contributed by atoms with E-state index in [1.807, 2.05) is 0 Å². The van der Waals surface area contributed by atoms with E-state index >= 15 is 0 Å². The van der Waals surface area contributed by atoms with E-state index in [1.54, 1.807) is 42.5 Å². The number of para-hydroxylation sites is 1. The van der Waals surface area contributed by atoms with Crippen LogP contribution in [0, 0.1) is 0 Å². The fourth-order valence-electron chi connectivity index (χ4n) is 2.50. The van der Waals surface area contributed by atoms with Crippen LogP contribution in [0.4, 0.5) is 0 Å². The number of phenolic OH excluding ortho intramolecular Hbond substituents is 1. The number of rotatable bonds is 9. The van der Waals surface area contributed by atoms with E-state index in [4.69, 9.17) is 4.74 Å². The summed E-state index contributed by atoms with van der Waals surface area (Å²) in [6.07, 6.45) is 4.53. The molecular formula is C21H26N2O4. The highest BCUT2D eigenvalue weighted by Gasteiger charge is 2.10. The summed E-state index contributed by atoms with van der Waals surface area (Å²) < 4.78 is 5.64. The van der Waals surface area contributed by atoms with Gasteiger partial charge in [-0.15, -0.1) is 0 Å². The molecule has 2 rings (SSSR count). The lowest BCUT2D eigenvalue weighted by Gasteiger charge is -2.09. The number of carbonyl (C=O) groups excluding carboxylic acids is 2. The van der Waals surface area contributed by atoms with E-state index in [0.29, 0.717) is 23.5 Å². The van der Waals surface area contributed by atoms with Crippen LogP contribution in [-0.2, 0) is 11.2 Å². The predicted molar refractivity (Wildman–Crippen MR) is 103 cm³/mol. The molecule has 0 aliphatic carbocycles. The molecule has 3 N–H and O–H groups in total. The number of hydrogen-bond donors (Lipinski definition) is 3. The maximum absolute atomic E-state index is 12.1. The van der Waals surface area contributed by atoms with Crippen molar-refractivity contribution in [3.63, 3.8) is 0 Å². The summed E-state index contributed by atoms with van der Waals surface area (Å²) in [5, 5.41) is 9.67. The molecule has 0 spiro atoms. The summed E-state index contributed by atoms with van der Waals surface area (Å²) in [6, 6.07) is 13.3. The SMILES string of the molecule is CCCCCCOc1ccc(C(=O)NNC(=O)Cc2ccccc2O)cc1. The van der Waals surface area contributed by atoms with Crippen LogP contribution in [0.25, 0.3) is 0 Å². The molecule has 2 aromatic carbocycles. The van der Waals surface area contributed by atoms with E-state index < -0.39 is 11.8 Å². The van der Waals surface area contributed by atoms with Gasteiger partial charge in [0.25, 0.3) is 5.91 Å². The molecule has 144 valence electrons.